The average molecular weight is 191 g/mol. The van der Waals surface area contributed by atoms with E-state index in [0.717, 1.165) is 5.13 Å². The Kier molecular flexibility index (Phi) is 2.46. The normalized spacial score (nSPS) is 9.73. The van der Waals surface area contributed by atoms with Crippen molar-refractivity contribution in [1.29, 1.82) is 0 Å². The minimum absolute atomic E-state index is 0.286. The van der Waals surface area contributed by atoms with Crippen LogP contribution in [0.3, 0.4) is 0 Å². The van der Waals surface area contributed by atoms with E-state index in [1.807, 2.05) is 19.0 Å². The molecule has 0 fully saturated rings. The third-order valence-corrected chi connectivity index (χ3v) is 2.64. The van der Waals surface area contributed by atoms with Crippen LogP contribution in [0.15, 0.2) is 0 Å². The van der Waals surface area contributed by atoms with E-state index in [2.05, 4.69) is 4.98 Å². The zero-order valence-electron chi connectivity index (χ0n) is 6.17. The topological polar surface area (TPSA) is 33.2 Å². The van der Waals surface area contributed by atoms with Crippen molar-refractivity contribution in [2.75, 3.05) is 19.0 Å². The van der Waals surface area contributed by atoms with Gasteiger partial charge in [-0.05, 0) is 0 Å². The van der Waals surface area contributed by atoms with Crippen LogP contribution in [0.5, 0.6) is 0 Å². The smallest absolute Gasteiger partial charge is 0.186 e. The van der Waals surface area contributed by atoms with Gasteiger partial charge in [0.25, 0.3) is 0 Å². The first-order valence-electron chi connectivity index (χ1n) is 2.94. The number of nitrogens with zero attached hydrogens (tertiary/aromatic N) is 2. The van der Waals surface area contributed by atoms with Crippen molar-refractivity contribution in [3.8, 4) is 0 Å². The summed E-state index contributed by atoms with van der Waals surface area (Å²) in [5, 5.41) is 1.03. The molecule has 0 spiro atoms. The molecular weight excluding hydrogens is 184 g/mol. The molecule has 60 valence electrons. The van der Waals surface area contributed by atoms with Gasteiger partial charge in [0.05, 0.1) is 0 Å². The molecule has 0 radical (unpaired) electrons. The van der Waals surface area contributed by atoms with Gasteiger partial charge in [-0.15, -0.1) is 0 Å². The maximum absolute atomic E-state index is 10.3. The number of carbonyl (C=O) groups is 1. The van der Waals surface area contributed by atoms with Crippen molar-refractivity contribution in [3.05, 3.63) is 10.0 Å². The van der Waals surface area contributed by atoms with Gasteiger partial charge in [-0.1, -0.05) is 22.9 Å². The highest BCUT2D eigenvalue weighted by Crippen LogP contribution is 2.26. The summed E-state index contributed by atoms with van der Waals surface area (Å²) in [7, 11) is 3.70. The Morgan fingerprint density at radius 3 is 2.55 bits per heavy atom. The first-order valence-corrected chi connectivity index (χ1v) is 4.13. The molecule has 0 atom stereocenters. The van der Waals surface area contributed by atoms with E-state index >= 15 is 0 Å². The standard InChI is InChI=1S/C6H7ClN2OS/c1-9(2)6-8-5(7)4(3-10)11-6/h3H,1-2H3. The average Bonchev–Trinajstić information content (AvgIpc) is 2.31. The van der Waals surface area contributed by atoms with Crippen molar-refractivity contribution in [3.63, 3.8) is 0 Å². The van der Waals surface area contributed by atoms with Crippen molar-refractivity contribution < 1.29 is 4.79 Å². The lowest BCUT2D eigenvalue weighted by Crippen LogP contribution is -2.07. The predicted molar refractivity (Wildman–Crippen MR) is 46.8 cm³/mol. The summed E-state index contributed by atoms with van der Waals surface area (Å²) in [6.45, 7) is 0. The molecule has 0 aliphatic rings. The van der Waals surface area contributed by atoms with Gasteiger partial charge in [-0.2, -0.15) is 0 Å². The van der Waals surface area contributed by atoms with E-state index in [0.29, 0.717) is 11.2 Å². The van der Waals surface area contributed by atoms with Crippen LogP contribution < -0.4 is 4.90 Å². The predicted octanol–water partition coefficient (Wildman–Crippen LogP) is 1.68. The molecule has 0 aromatic carbocycles. The summed E-state index contributed by atoms with van der Waals surface area (Å²) in [5.41, 5.74) is 0. The Labute approximate surface area is 73.6 Å². The third kappa shape index (κ3) is 1.70. The molecule has 3 nitrogen and oxygen atoms in total. The molecule has 0 amide bonds. The highest BCUT2D eigenvalue weighted by atomic mass is 35.5. The second-order valence-corrected chi connectivity index (χ2v) is 3.53. The fourth-order valence-electron chi connectivity index (χ4n) is 0.566. The first kappa shape index (κ1) is 8.49. The molecule has 1 aromatic heterocycles. The van der Waals surface area contributed by atoms with Gasteiger partial charge in [-0.25, -0.2) is 4.98 Å². The van der Waals surface area contributed by atoms with Gasteiger partial charge < -0.3 is 4.90 Å². The molecule has 1 aromatic rings. The molecule has 0 saturated heterocycles. The summed E-state index contributed by atoms with van der Waals surface area (Å²) in [4.78, 5) is 16.6. The van der Waals surface area contributed by atoms with Gasteiger partial charge in [0.2, 0.25) is 0 Å². The molecule has 0 saturated carbocycles. The minimum atomic E-state index is 0.286. The number of carbonyl (C=O) groups excluding carboxylic acids is 1. The number of aldehydes is 1. The molecular formula is C6H7ClN2OS. The Balaban J connectivity index is 3.04. The van der Waals surface area contributed by atoms with E-state index in [1.165, 1.54) is 11.3 Å². The maximum atomic E-state index is 10.3. The van der Waals surface area contributed by atoms with Crippen molar-refractivity contribution in [1.82, 2.24) is 4.98 Å². The number of hydrogen-bond acceptors (Lipinski definition) is 4. The molecule has 1 rings (SSSR count). The zero-order chi connectivity index (χ0) is 8.43. The number of rotatable bonds is 2. The summed E-state index contributed by atoms with van der Waals surface area (Å²) >= 11 is 6.91. The summed E-state index contributed by atoms with van der Waals surface area (Å²) < 4.78 is 0. The highest BCUT2D eigenvalue weighted by Gasteiger charge is 2.08. The Morgan fingerprint density at radius 2 is 2.27 bits per heavy atom. The van der Waals surface area contributed by atoms with E-state index < -0.39 is 0 Å². The number of thiazole rings is 1. The quantitative estimate of drug-likeness (QED) is 0.666. The van der Waals surface area contributed by atoms with Crippen LogP contribution >= 0.6 is 22.9 Å². The lowest BCUT2D eigenvalue weighted by molar-refractivity contribution is 0.112. The number of hydrogen-bond donors (Lipinski definition) is 0. The van der Waals surface area contributed by atoms with E-state index in [9.17, 15) is 4.79 Å². The zero-order valence-corrected chi connectivity index (χ0v) is 7.74. The fourth-order valence-corrected chi connectivity index (χ4v) is 1.55. The SMILES string of the molecule is CN(C)c1nc(Cl)c(C=O)s1. The van der Waals surface area contributed by atoms with Crippen LogP contribution in [-0.4, -0.2) is 25.4 Å². The molecule has 11 heavy (non-hydrogen) atoms. The fraction of sp³-hybridized carbons (Fsp3) is 0.333. The van der Waals surface area contributed by atoms with Crippen molar-refractivity contribution >= 4 is 34.4 Å². The number of aromatic nitrogens is 1. The molecule has 0 N–H and O–H groups in total. The van der Waals surface area contributed by atoms with Crippen LogP contribution in [0.1, 0.15) is 9.67 Å². The first-order chi connectivity index (χ1) is 5.15. The van der Waals surface area contributed by atoms with Crippen LogP contribution in [0.4, 0.5) is 5.13 Å². The third-order valence-electron chi connectivity index (χ3n) is 1.09. The summed E-state index contributed by atoms with van der Waals surface area (Å²) in [5.74, 6) is 0. The Bertz CT molecular complexity index is 272. The molecule has 0 aliphatic heterocycles. The van der Waals surface area contributed by atoms with E-state index in [1.54, 1.807) is 0 Å². The molecule has 0 bridgehead atoms. The van der Waals surface area contributed by atoms with Gasteiger partial charge in [0.15, 0.2) is 16.6 Å². The highest BCUT2D eigenvalue weighted by molar-refractivity contribution is 7.17. The van der Waals surface area contributed by atoms with Crippen LogP contribution in [0, 0.1) is 0 Å². The van der Waals surface area contributed by atoms with E-state index in [4.69, 9.17) is 11.6 Å². The van der Waals surface area contributed by atoms with Crippen LogP contribution in [-0.2, 0) is 0 Å². The summed E-state index contributed by atoms with van der Waals surface area (Å²) in [6, 6.07) is 0. The van der Waals surface area contributed by atoms with Gasteiger partial charge in [0.1, 0.15) is 4.88 Å². The second kappa shape index (κ2) is 3.19. The molecule has 5 heteroatoms. The lowest BCUT2D eigenvalue weighted by atomic mass is 10.6. The monoisotopic (exact) mass is 190 g/mol. The van der Waals surface area contributed by atoms with Gasteiger partial charge >= 0.3 is 0 Å². The second-order valence-electron chi connectivity index (χ2n) is 2.16. The Hall–Kier alpha value is -0.610. The van der Waals surface area contributed by atoms with Crippen LogP contribution in [0.2, 0.25) is 5.15 Å². The van der Waals surface area contributed by atoms with Crippen LogP contribution in [0.25, 0.3) is 0 Å². The van der Waals surface area contributed by atoms with Gasteiger partial charge in [-0.3, -0.25) is 4.79 Å². The van der Waals surface area contributed by atoms with Crippen molar-refractivity contribution in [2.45, 2.75) is 0 Å². The number of halogens is 1. The number of anilines is 1. The van der Waals surface area contributed by atoms with Gasteiger partial charge in [0, 0.05) is 14.1 Å². The maximum Gasteiger partial charge on any atom is 0.186 e. The molecule has 0 aliphatic carbocycles. The largest absolute Gasteiger partial charge is 0.354 e. The van der Waals surface area contributed by atoms with E-state index in [-0.39, 0.29) is 5.15 Å². The lowest BCUT2D eigenvalue weighted by Gasteiger charge is -2.04. The summed E-state index contributed by atoms with van der Waals surface area (Å²) in [6.07, 6.45) is 0.715. The Morgan fingerprint density at radius 1 is 1.64 bits per heavy atom. The molecule has 1 heterocycles. The van der Waals surface area contributed by atoms with Crippen molar-refractivity contribution in [2.24, 2.45) is 0 Å². The minimum Gasteiger partial charge on any atom is -0.354 e. The molecule has 0 unspecified atom stereocenters.